The lowest BCUT2D eigenvalue weighted by Gasteiger charge is -2.19. The number of Topliss-reactive ketones (excluding diaryl/α,β-unsaturated/α-hetero) is 3. The van der Waals surface area contributed by atoms with Gasteiger partial charge in [-0.2, -0.15) is 0 Å². The van der Waals surface area contributed by atoms with Gasteiger partial charge in [-0.15, -0.1) is 0 Å². The zero-order chi connectivity index (χ0) is 30.5. The largest absolute Gasteiger partial charge is 0.379 e. The van der Waals surface area contributed by atoms with Gasteiger partial charge in [0.15, 0.2) is 5.78 Å². The Labute approximate surface area is 240 Å². The summed E-state index contributed by atoms with van der Waals surface area (Å²) in [5.74, 6) is -0.181. The molecule has 0 aliphatic rings. The molecule has 1 atom stereocenters. The number of aromatic nitrogens is 1. The number of hydrogen-bond acceptors (Lipinski definition) is 7. The summed E-state index contributed by atoms with van der Waals surface area (Å²) in [6, 6.07) is 10.2. The van der Waals surface area contributed by atoms with Crippen LogP contribution in [0.1, 0.15) is 95.4 Å². The van der Waals surface area contributed by atoms with Gasteiger partial charge in [0, 0.05) is 42.5 Å². The van der Waals surface area contributed by atoms with Crippen molar-refractivity contribution in [1.29, 1.82) is 0 Å². The van der Waals surface area contributed by atoms with Crippen LogP contribution >= 0.6 is 0 Å². The molecule has 1 aromatic carbocycles. The number of nitrogens with one attached hydrogen (secondary N) is 1. The lowest BCUT2D eigenvalue weighted by atomic mass is 9.99. The average molecular weight is 557 g/mol. The number of carbonyl (C=O) groups is 4. The van der Waals surface area contributed by atoms with Crippen molar-refractivity contribution in [2.24, 2.45) is 5.92 Å². The van der Waals surface area contributed by atoms with Crippen molar-refractivity contribution in [1.82, 2.24) is 10.3 Å². The molecule has 2 aromatic rings. The first-order valence-electron chi connectivity index (χ1n) is 14.3. The molecule has 0 saturated heterocycles. The van der Waals surface area contributed by atoms with E-state index in [1.165, 1.54) is 13.1 Å². The molecule has 40 heavy (non-hydrogen) atoms. The lowest BCUT2D eigenvalue weighted by Crippen LogP contribution is -2.42. The molecule has 0 aliphatic heterocycles. The molecule has 0 radical (unpaired) electrons. The van der Waals surface area contributed by atoms with Crippen LogP contribution in [0.2, 0.25) is 0 Å². The molecule has 0 spiro atoms. The minimum absolute atomic E-state index is 0.0252. The molecule has 1 aromatic heterocycles. The van der Waals surface area contributed by atoms with E-state index in [1.807, 2.05) is 53.7 Å². The fraction of sp³-hybridized carbons (Fsp3) is 0.531. The summed E-state index contributed by atoms with van der Waals surface area (Å²) >= 11 is 0. The molecule has 1 N–H and O–H groups in total. The van der Waals surface area contributed by atoms with Crippen LogP contribution in [-0.2, 0) is 19.1 Å². The first-order valence-corrected chi connectivity index (χ1v) is 14.3. The highest BCUT2D eigenvalue weighted by atomic mass is 16.5. The van der Waals surface area contributed by atoms with Crippen LogP contribution in [0, 0.1) is 5.92 Å². The summed E-state index contributed by atoms with van der Waals surface area (Å²) in [6.07, 6.45) is 2.57. The summed E-state index contributed by atoms with van der Waals surface area (Å²) in [7, 11) is 0. The number of pyridine rings is 1. The standard InChI is InChI=1S/C28H36N2O6.2C2H6/c1-5-25(32)13-15-36-18-24(17-35-14-12-20(4)31)30-28(34)23-10-11-26(29-16-23)21-6-8-22(9-7-21)27(33)19(2)3;2*1-2/h6-11,16,19,24H,5,12-15,17-18H2,1-4H3,(H,30,34);2*1-2H3. The molecule has 8 nitrogen and oxygen atoms in total. The molecule has 0 fully saturated rings. The van der Waals surface area contributed by atoms with Gasteiger partial charge in [0.05, 0.1) is 43.7 Å². The Hall–Kier alpha value is -3.23. The summed E-state index contributed by atoms with van der Waals surface area (Å²) in [6.45, 7) is 15.9. The number of nitrogens with zero attached hydrogens (tertiary/aromatic N) is 1. The van der Waals surface area contributed by atoms with Gasteiger partial charge in [-0.05, 0) is 19.1 Å². The zero-order valence-electron chi connectivity index (χ0n) is 25.5. The van der Waals surface area contributed by atoms with Crippen molar-refractivity contribution in [2.45, 2.75) is 80.7 Å². The van der Waals surface area contributed by atoms with Crippen LogP contribution < -0.4 is 5.32 Å². The second-order valence-electron chi connectivity index (χ2n) is 8.94. The predicted octanol–water partition coefficient (Wildman–Crippen LogP) is 6.12. The first kappa shape index (κ1) is 36.8. The number of rotatable bonds is 16. The molecular formula is C32H48N2O6. The van der Waals surface area contributed by atoms with Crippen molar-refractivity contribution >= 4 is 23.3 Å². The van der Waals surface area contributed by atoms with E-state index in [9.17, 15) is 19.2 Å². The van der Waals surface area contributed by atoms with Crippen molar-refractivity contribution < 1.29 is 28.7 Å². The van der Waals surface area contributed by atoms with Gasteiger partial charge < -0.3 is 14.8 Å². The van der Waals surface area contributed by atoms with Crippen molar-refractivity contribution in [2.75, 3.05) is 26.4 Å². The Morgan fingerprint density at radius 1 is 0.825 bits per heavy atom. The Morgan fingerprint density at radius 3 is 1.85 bits per heavy atom. The quantitative estimate of drug-likeness (QED) is 0.196. The maximum absolute atomic E-state index is 12.8. The number of ether oxygens (including phenoxy) is 2. The molecule has 0 aliphatic carbocycles. The summed E-state index contributed by atoms with van der Waals surface area (Å²) in [5, 5.41) is 2.88. The summed E-state index contributed by atoms with van der Waals surface area (Å²) in [5.41, 5.74) is 2.56. The molecule has 8 heteroatoms. The smallest absolute Gasteiger partial charge is 0.253 e. The molecule has 222 valence electrons. The normalized spacial score (nSPS) is 10.9. The molecule has 0 bridgehead atoms. The van der Waals surface area contributed by atoms with Crippen LogP contribution in [0.4, 0.5) is 0 Å². The number of carbonyl (C=O) groups excluding carboxylic acids is 4. The predicted molar refractivity (Wildman–Crippen MR) is 160 cm³/mol. The van der Waals surface area contributed by atoms with Crippen LogP contribution in [0.25, 0.3) is 11.3 Å². The lowest BCUT2D eigenvalue weighted by molar-refractivity contribution is -0.120. The Morgan fingerprint density at radius 2 is 1.38 bits per heavy atom. The highest BCUT2D eigenvalue weighted by Crippen LogP contribution is 2.19. The molecule has 0 saturated carbocycles. The fourth-order valence-electron chi connectivity index (χ4n) is 3.27. The highest BCUT2D eigenvalue weighted by Gasteiger charge is 2.16. The maximum atomic E-state index is 12.8. The van der Waals surface area contributed by atoms with Gasteiger partial charge in [0.1, 0.15) is 11.6 Å². The van der Waals surface area contributed by atoms with E-state index in [-0.39, 0.29) is 55.6 Å². The number of hydrogen-bond donors (Lipinski definition) is 1. The average Bonchev–Trinajstić information content (AvgIpc) is 2.98. The second kappa shape index (κ2) is 21.6. The van der Waals surface area contributed by atoms with Gasteiger partial charge in [-0.3, -0.25) is 24.2 Å². The molecular weight excluding hydrogens is 508 g/mol. The monoisotopic (exact) mass is 556 g/mol. The van der Waals surface area contributed by atoms with Gasteiger partial charge >= 0.3 is 0 Å². The van der Waals surface area contributed by atoms with Gasteiger partial charge in [-0.25, -0.2) is 0 Å². The molecule has 1 amide bonds. The van der Waals surface area contributed by atoms with E-state index in [0.29, 0.717) is 36.1 Å². The SMILES string of the molecule is CC.CC.CCC(=O)CCOCC(COCCC(C)=O)NC(=O)c1ccc(-c2ccc(C(=O)C(C)C)cc2)nc1. The topological polar surface area (TPSA) is 112 Å². The van der Waals surface area contributed by atoms with E-state index in [2.05, 4.69) is 10.3 Å². The van der Waals surface area contributed by atoms with Crippen molar-refractivity contribution in [3.05, 3.63) is 53.7 Å². The van der Waals surface area contributed by atoms with Gasteiger partial charge in [-0.1, -0.05) is 72.7 Å². The Kier molecular flexibility index (Phi) is 19.8. The van der Waals surface area contributed by atoms with E-state index < -0.39 is 6.04 Å². The van der Waals surface area contributed by atoms with Gasteiger partial charge in [0.2, 0.25) is 0 Å². The second-order valence-corrected chi connectivity index (χ2v) is 8.94. The third-order valence-corrected chi connectivity index (χ3v) is 5.51. The van der Waals surface area contributed by atoms with Crippen molar-refractivity contribution in [3.63, 3.8) is 0 Å². The molecule has 1 heterocycles. The summed E-state index contributed by atoms with van der Waals surface area (Å²) < 4.78 is 11.1. The van der Waals surface area contributed by atoms with Crippen LogP contribution in [0.5, 0.6) is 0 Å². The fourth-order valence-corrected chi connectivity index (χ4v) is 3.27. The van der Waals surface area contributed by atoms with Crippen LogP contribution in [0.15, 0.2) is 42.6 Å². The Bertz CT molecular complexity index is 1020. The number of ketones is 3. The third-order valence-electron chi connectivity index (χ3n) is 5.51. The summed E-state index contributed by atoms with van der Waals surface area (Å²) in [4.78, 5) is 51.9. The first-order chi connectivity index (χ1) is 19.2. The van der Waals surface area contributed by atoms with E-state index >= 15 is 0 Å². The molecule has 2 rings (SSSR count). The van der Waals surface area contributed by atoms with Crippen molar-refractivity contribution in [3.8, 4) is 11.3 Å². The number of benzene rings is 1. The highest BCUT2D eigenvalue weighted by molar-refractivity contribution is 5.98. The van der Waals surface area contributed by atoms with E-state index in [0.717, 1.165) is 5.56 Å². The zero-order valence-corrected chi connectivity index (χ0v) is 25.5. The van der Waals surface area contributed by atoms with Gasteiger partial charge in [0.25, 0.3) is 5.91 Å². The minimum Gasteiger partial charge on any atom is -0.379 e. The minimum atomic E-state index is -0.452. The van der Waals surface area contributed by atoms with Crippen LogP contribution in [-0.4, -0.2) is 60.7 Å². The van der Waals surface area contributed by atoms with Crippen LogP contribution in [0.3, 0.4) is 0 Å². The molecule has 1 unspecified atom stereocenters. The van der Waals surface area contributed by atoms with E-state index in [4.69, 9.17) is 9.47 Å². The number of amides is 1. The third kappa shape index (κ3) is 14.2. The van der Waals surface area contributed by atoms with E-state index in [1.54, 1.807) is 31.2 Å². The maximum Gasteiger partial charge on any atom is 0.253 e. The Balaban J connectivity index is 0.00000363.